The molecule has 88 valence electrons. The molecule has 2 rings (SSSR count). The van der Waals surface area contributed by atoms with Crippen molar-refractivity contribution in [1.29, 1.82) is 0 Å². The molecule has 16 heavy (non-hydrogen) atoms. The molecule has 1 saturated heterocycles. The largest absolute Gasteiger partial charge is 0.394 e. The second kappa shape index (κ2) is 5.67. The van der Waals surface area contributed by atoms with E-state index < -0.39 is 0 Å². The summed E-state index contributed by atoms with van der Waals surface area (Å²) in [6.07, 6.45) is 3.80. The zero-order valence-electron chi connectivity index (χ0n) is 9.40. The van der Waals surface area contributed by atoms with Crippen LogP contribution in [0.5, 0.6) is 0 Å². The first-order valence-electron chi connectivity index (χ1n) is 5.91. The molecule has 0 radical (unpaired) electrons. The first-order chi connectivity index (χ1) is 7.81. The van der Waals surface area contributed by atoms with Crippen LogP contribution in [0, 0.1) is 0 Å². The van der Waals surface area contributed by atoms with Gasteiger partial charge in [-0.1, -0.05) is 30.2 Å². The summed E-state index contributed by atoms with van der Waals surface area (Å²) >= 11 is 5.87. The number of aliphatic hydroxyl groups is 1. The predicted octanol–water partition coefficient (Wildman–Crippen LogP) is 2.86. The first kappa shape index (κ1) is 11.9. The van der Waals surface area contributed by atoms with Crippen LogP contribution < -0.4 is 0 Å². The monoisotopic (exact) mass is 239 g/mol. The highest BCUT2D eigenvalue weighted by atomic mass is 35.5. The van der Waals surface area contributed by atoms with Gasteiger partial charge in [-0.05, 0) is 43.6 Å². The second-order valence-electron chi connectivity index (χ2n) is 4.35. The van der Waals surface area contributed by atoms with Crippen molar-refractivity contribution < 1.29 is 5.11 Å². The molecule has 1 fully saturated rings. The van der Waals surface area contributed by atoms with Crippen LogP contribution >= 0.6 is 11.6 Å². The number of rotatable bonds is 3. The van der Waals surface area contributed by atoms with Crippen molar-refractivity contribution in [2.75, 3.05) is 19.7 Å². The van der Waals surface area contributed by atoms with E-state index in [1.165, 1.54) is 19.3 Å². The number of halogens is 1. The highest BCUT2D eigenvalue weighted by Crippen LogP contribution is 2.25. The van der Waals surface area contributed by atoms with Gasteiger partial charge >= 0.3 is 0 Å². The van der Waals surface area contributed by atoms with Crippen molar-refractivity contribution in [3.63, 3.8) is 0 Å². The molecule has 1 aliphatic heterocycles. The number of likely N-dealkylation sites (tertiary alicyclic amines) is 1. The average Bonchev–Trinajstić information content (AvgIpc) is 2.34. The number of nitrogens with zero attached hydrogens (tertiary/aromatic N) is 1. The van der Waals surface area contributed by atoms with Gasteiger partial charge in [0, 0.05) is 5.02 Å². The molecule has 0 saturated carbocycles. The molecule has 3 heteroatoms. The summed E-state index contributed by atoms with van der Waals surface area (Å²) in [6, 6.07) is 7.94. The van der Waals surface area contributed by atoms with Crippen LogP contribution in [0.2, 0.25) is 5.02 Å². The Labute approximate surface area is 102 Å². The zero-order chi connectivity index (χ0) is 11.4. The van der Waals surface area contributed by atoms with E-state index in [9.17, 15) is 5.11 Å². The van der Waals surface area contributed by atoms with E-state index in [-0.39, 0.29) is 12.6 Å². The van der Waals surface area contributed by atoms with Gasteiger partial charge in [-0.2, -0.15) is 0 Å². The van der Waals surface area contributed by atoms with Crippen molar-refractivity contribution >= 4 is 11.6 Å². The van der Waals surface area contributed by atoms with Gasteiger partial charge in [-0.3, -0.25) is 4.90 Å². The molecule has 1 aromatic carbocycles. The van der Waals surface area contributed by atoms with E-state index in [0.717, 1.165) is 23.7 Å². The molecule has 0 unspecified atom stereocenters. The van der Waals surface area contributed by atoms with Gasteiger partial charge in [0.25, 0.3) is 0 Å². The quantitative estimate of drug-likeness (QED) is 0.877. The van der Waals surface area contributed by atoms with Crippen LogP contribution in [0.15, 0.2) is 24.3 Å². The van der Waals surface area contributed by atoms with E-state index >= 15 is 0 Å². The van der Waals surface area contributed by atoms with E-state index in [2.05, 4.69) is 4.90 Å². The smallest absolute Gasteiger partial charge is 0.0628 e. The summed E-state index contributed by atoms with van der Waals surface area (Å²) in [4.78, 5) is 2.37. The van der Waals surface area contributed by atoms with Gasteiger partial charge in [0.1, 0.15) is 0 Å². The van der Waals surface area contributed by atoms with Crippen LogP contribution in [0.1, 0.15) is 30.9 Å². The fraction of sp³-hybridized carbons (Fsp3) is 0.538. The summed E-state index contributed by atoms with van der Waals surface area (Å²) in [5.41, 5.74) is 1.16. The van der Waals surface area contributed by atoms with Crippen molar-refractivity contribution in [1.82, 2.24) is 4.90 Å². The van der Waals surface area contributed by atoms with Gasteiger partial charge < -0.3 is 5.11 Å². The molecule has 1 N–H and O–H groups in total. The predicted molar refractivity (Wildman–Crippen MR) is 66.7 cm³/mol. The highest BCUT2D eigenvalue weighted by Gasteiger charge is 2.21. The Balaban J connectivity index is 2.11. The van der Waals surface area contributed by atoms with Crippen molar-refractivity contribution in [2.24, 2.45) is 0 Å². The average molecular weight is 240 g/mol. The normalized spacial score (nSPS) is 19.6. The minimum Gasteiger partial charge on any atom is -0.394 e. The third-order valence-electron chi connectivity index (χ3n) is 3.26. The molecule has 0 aliphatic carbocycles. The number of aliphatic hydroxyl groups excluding tert-OH is 1. The minimum absolute atomic E-state index is 0.137. The summed E-state index contributed by atoms with van der Waals surface area (Å²) < 4.78 is 0. The lowest BCUT2D eigenvalue weighted by Gasteiger charge is -2.33. The molecule has 0 bridgehead atoms. The Morgan fingerprint density at radius 1 is 1.12 bits per heavy atom. The van der Waals surface area contributed by atoms with Gasteiger partial charge in [-0.15, -0.1) is 0 Å². The molecule has 1 atom stereocenters. The van der Waals surface area contributed by atoms with Crippen molar-refractivity contribution in [2.45, 2.75) is 25.3 Å². The Morgan fingerprint density at radius 3 is 2.31 bits per heavy atom. The first-order valence-corrected chi connectivity index (χ1v) is 6.29. The Morgan fingerprint density at radius 2 is 1.75 bits per heavy atom. The zero-order valence-corrected chi connectivity index (χ0v) is 10.2. The van der Waals surface area contributed by atoms with E-state index in [1.54, 1.807) is 0 Å². The standard InChI is InChI=1S/C13H18ClNO/c14-12-6-4-11(5-7-12)13(10-16)15-8-2-1-3-9-15/h4-7,13,16H,1-3,8-10H2/t13-/m0/s1. The number of benzene rings is 1. The molecule has 0 spiro atoms. The minimum atomic E-state index is 0.137. The third-order valence-corrected chi connectivity index (χ3v) is 3.51. The Hall–Kier alpha value is -0.570. The maximum Gasteiger partial charge on any atom is 0.0628 e. The van der Waals surface area contributed by atoms with Crippen LogP contribution in [0.3, 0.4) is 0 Å². The number of hydrogen-bond acceptors (Lipinski definition) is 2. The van der Waals surface area contributed by atoms with Crippen LogP contribution in [-0.4, -0.2) is 29.7 Å². The van der Waals surface area contributed by atoms with Gasteiger partial charge in [0.15, 0.2) is 0 Å². The molecule has 2 nitrogen and oxygen atoms in total. The van der Waals surface area contributed by atoms with Crippen molar-refractivity contribution in [3.05, 3.63) is 34.9 Å². The summed E-state index contributed by atoms with van der Waals surface area (Å²) in [6.45, 7) is 2.36. The lowest BCUT2D eigenvalue weighted by atomic mass is 10.0. The summed E-state index contributed by atoms with van der Waals surface area (Å²) in [5, 5.41) is 10.3. The SMILES string of the molecule is OC[C@@H](c1ccc(Cl)cc1)N1CCCCC1. The molecule has 1 aliphatic rings. The molecular weight excluding hydrogens is 222 g/mol. The molecule has 1 aromatic rings. The summed E-state index contributed by atoms with van der Waals surface area (Å²) in [5.74, 6) is 0. The maximum atomic E-state index is 9.53. The third kappa shape index (κ3) is 2.76. The van der Waals surface area contributed by atoms with Gasteiger partial charge in [0.2, 0.25) is 0 Å². The van der Waals surface area contributed by atoms with E-state index in [1.807, 2.05) is 24.3 Å². The van der Waals surface area contributed by atoms with Gasteiger partial charge in [-0.25, -0.2) is 0 Å². The maximum absolute atomic E-state index is 9.53. The topological polar surface area (TPSA) is 23.5 Å². The van der Waals surface area contributed by atoms with E-state index in [0.29, 0.717) is 0 Å². The van der Waals surface area contributed by atoms with Crippen LogP contribution in [-0.2, 0) is 0 Å². The Kier molecular flexibility index (Phi) is 4.22. The number of hydrogen-bond donors (Lipinski definition) is 1. The van der Waals surface area contributed by atoms with Crippen LogP contribution in [0.4, 0.5) is 0 Å². The molecular formula is C13H18ClNO. The lowest BCUT2D eigenvalue weighted by molar-refractivity contribution is 0.104. The van der Waals surface area contributed by atoms with Crippen molar-refractivity contribution in [3.8, 4) is 0 Å². The molecule has 0 aromatic heterocycles. The fourth-order valence-electron chi connectivity index (χ4n) is 2.35. The second-order valence-corrected chi connectivity index (χ2v) is 4.78. The lowest BCUT2D eigenvalue weighted by Crippen LogP contribution is -2.35. The van der Waals surface area contributed by atoms with E-state index in [4.69, 9.17) is 11.6 Å². The number of piperidine rings is 1. The summed E-state index contributed by atoms with van der Waals surface area (Å²) in [7, 11) is 0. The fourth-order valence-corrected chi connectivity index (χ4v) is 2.47. The Bertz CT molecular complexity index is 319. The molecule has 1 heterocycles. The van der Waals surface area contributed by atoms with Gasteiger partial charge in [0.05, 0.1) is 12.6 Å². The van der Waals surface area contributed by atoms with Crippen LogP contribution in [0.25, 0.3) is 0 Å². The molecule has 0 amide bonds. The highest BCUT2D eigenvalue weighted by molar-refractivity contribution is 6.30.